The summed E-state index contributed by atoms with van der Waals surface area (Å²) in [6, 6.07) is 7.21. The fourth-order valence-electron chi connectivity index (χ4n) is 3.03. The highest BCUT2D eigenvalue weighted by molar-refractivity contribution is 5.76. The smallest absolute Gasteiger partial charge is 0.0651 e. The molecular formula is C14H21N3. The van der Waals surface area contributed by atoms with E-state index in [4.69, 9.17) is 0 Å². The first-order chi connectivity index (χ1) is 8.40. The molecule has 92 valence electrons. The second kappa shape index (κ2) is 4.57. The van der Waals surface area contributed by atoms with Crippen LogP contribution in [0.2, 0.25) is 0 Å². The zero-order valence-electron chi connectivity index (χ0n) is 10.5. The van der Waals surface area contributed by atoms with E-state index in [0.29, 0.717) is 6.04 Å². The molecule has 1 atom stereocenters. The second-order valence-electron chi connectivity index (χ2n) is 4.95. The van der Waals surface area contributed by atoms with Gasteiger partial charge in [0.15, 0.2) is 0 Å². The van der Waals surface area contributed by atoms with Crippen molar-refractivity contribution in [3.05, 3.63) is 23.8 Å². The summed E-state index contributed by atoms with van der Waals surface area (Å²) in [6.07, 6.45) is 2.46. The van der Waals surface area contributed by atoms with E-state index in [9.17, 15) is 0 Å². The SMILES string of the molecule is CCCC1NCCN2CCNc3cccc1c32. The molecule has 0 radical (unpaired) electrons. The molecule has 2 N–H and O–H groups in total. The van der Waals surface area contributed by atoms with Crippen LogP contribution in [0.25, 0.3) is 0 Å². The monoisotopic (exact) mass is 231 g/mol. The standard InChI is InChI=1S/C14H21N3/c1-2-4-12-11-5-3-6-13-14(11)17(9-7-15-12)10-8-16-13/h3,5-6,12,15-16H,2,4,7-10H2,1H3. The van der Waals surface area contributed by atoms with Gasteiger partial charge in [-0.05, 0) is 18.1 Å². The van der Waals surface area contributed by atoms with E-state index >= 15 is 0 Å². The molecule has 0 amide bonds. The molecule has 2 aliphatic heterocycles. The zero-order valence-corrected chi connectivity index (χ0v) is 10.5. The number of rotatable bonds is 2. The van der Waals surface area contributed by atoms with E-state index in [1.807, 2.05) is 0 Å². The number of para-hydroxylation sites is 1. The predicted octanol–water partition coefficient (Wildman–Crippen LogP) is 2.36. The fourth-order valence-corrected chi connectivity index (χ4v) is 3.03. The number of hydrogen-bond donors (Lipinski definition) is 2. The lowest BCUT2D eigenvalue weighted by Gasteiger charge is -2.32. The Labute approximate surface area is 103 Å². The first-order valence-electron chi connectivity index (χ1n) is 6.75. The van der Waals surface area contributed by atoms with Crippen LogP contribution in [0.1, 0.15) is 31.4 Å². The first kappa shape index (κ1) is 10.9. The molecule has 0 saturated heterocycles. The molecule has 0 fully saturated rings. The van der Waals surface area contributed by atoms with Crippen molar-refractivity contribution in [1.82, 2.24) is 5.32 Å². The molecule has 3 rings (SSSR count). The summed E-state index contributed by atoms with van der Waals surface area (Å²) in [6.45, 7) is 6.68. The first-order valence-corrected chi connectivity index (χ1v) is 6.75. The Balaban J connectivity index is 2.05. The van der Waals surface area contributed by atoms with Crippen molar-refractivity contribution in [2.75, 3.05) is 36.4 Å². The Morgan fingerprint density at radius 3 is 3.06 bits per heavy atom. The molecule has 0 bridgehead atoms. The maximum Gasteiger partial charge on any atom is 0.0651 e. The van der Waals surface area contributed by atoms with Crippen LogP contribution in [0.15, 0.2) is 18.2 Å². The molecule has 3 heteroatoms. The van der Waals surface area contributed by atoms with Gasteiger partial charge in [0.25, 0.3) is 0 Å². The number of anilines is 2. The van der Waals surface area contributed by atoms with E-state index in [0.717, 1.165) is 26.2 Å². The van der Waals surface area contributed by atoms with Crippen molar-refractivity contribution in [2.24, 2.45) is 0 Å². The van der Waals surface area contributed by atoms with Crippen LogP contribution in [0.5, 0.6) is 0 Å². The Hall–Kier alpha value is -1.22. The van der Waals surface area contributed by atoms with E-state index in [1.165, 1.54) is 29.8 Å². The van der Waals surface area contributed by atoms with Gasteiger partial charge in [0.05, 0.1) is 11.4 Å². The predicted molar refractivity (Wildman–Crippen MR) is 72.8 cm³/mol. The number of nitrogens with zero attached hydrogens (tertiary/aromatic N) is 1. The summed E-state index contributed by atoms with van der Waals surface area (Å²) in [7, 11) is 0. The average molecular weight is 231 g/mol. The highest BCUT2D eigenvalue weighted by Crippen LogP contribution is 2.38. The molecule has 0 aliphatic carbocycles. The lowest BCUT2D eigenvalue weighted by molar-refractivity contribution is 0.510. The fraction of sp³-hybridized carbons (Fsp3) is 0.571. The van der Waals surface area contributed by atoms with Gasteiger partial charge < -0.3 is 15.5 Å². The zero-order chi connectivity index (χ0) is 11.7. The molecule has 0 aromatic heterocycles. The minimum absolute atomic E-state index is 0.528. The summed E-state index contributed by atoms with van der Waals surface area (Å²) in [4.78, 5) is 2.53. The summed E-state index contributed by atoms with van der Waals surface area (Å²) < 4.78 is 0. The molecular weight excluding hydrogens is 210 g/mol. The van der Waals surface area contributed by atoms with Crippen LogP contribution in [-0.2, 0) is 0 Å². The number of nitrogens with one attached hydrogen (secondary N) is 2. The summed E-state index contributed by atoms with van der Waals surface area (Å²) in [5.74, 6) is 0. The molecule has 2 heterocycles. The average Bonchev–Trinajstić information content (AvgIpc) is 2.53. The van der Waals surface area contributed by atoms with Gasteiger partial charge in [-0.2, -0.15) is 0 Å². The highest BCUT2D eigenvalue weighted by Gasteiger charge is 2.26. The Morgan fingerprint density at radius 1 is 1.29 bits per heavy atom. The molecule has 17 heavy (non-hydrogen) atoms. The van der Waals surface area contributed by atoms with Crippen molar-refractivity contribution in [3.8, 4) is 0 Å². The van der Waals surface area contributed by atoms with E-state index < -0.39 is 0 Å². The van der Waals surface area contributed by atoms with E-state index in [1.54, 1.807) is 0 Å². The second-order valence-corrected chi connectivity index (χ2v) is 4.95. The molecule has 0 saturated carbocycles. The number of benzene rings is 1. The highest BCUT2D eigenvalue weighted by atomic mass is 15.2. The van der Waals surface area contributed by atoms with Crippen molar-refractivity contribution in [3.63, 3.8) is 0 Å². The summed E-state index contributed by atoms with van der Waals surface area (Å²) in [5.41, 5.74) is 4.25. The Bertz CT molecular complexity index is 402. The summed E-state index contributed by atoms with van der Waals surface area (Å²) >= 11 is 0. The van der Waals surface area contributed by atoms with E-state index in [2.05, 4.69) is 40.7 Å². The van der Waals surface area contributed by atoms with Crippen molar-refractivity contribution in [2.45, 2.75) is 25.8 Å². The molecule has 1 unspecified atom stereocenters. The quantitative estimate of drug-likeness (QED) is 0.818. The maximum absolute atomic E-state index is 3.69. The van der Waals surface area contributed by atoms with Crippen LogP contribution < -0.4 is 15.5 Å². The minimum atomic E-state index is 0.528. The van der Waals surface area contributed by atoms with Crippen LogP contribution in [0, 0.1) is 0 Å². The van der Waals surface area contributed by atoms with Gasteiger partial charge in [-0.1, -0.05) is 25.5 Å². The third kappa shape index (κ3) is 1.89. The van der Waals surface area contributed by atoms with Gasteiger partial charge in [0, 0.05) is 32.2 Å². The maximum atomic E-state index is 3.69. The van der Waals surface area contributed by atoms with Gasteiger partial charge in [0.2, 0.25) is 0 Å². The van der Waals surface area contributed by atoms with E-state index in [-0.39, 0.29) is 0 Å². The van der Waals surface area contributed by atoms with Crippen LogP contribution in [0.4, 0.5) is 11.4 Å². The topological polar surface area (TPSA) is 27.3 Å². The van der Waals surface area contributed by atoms with Crippen molar-refractivity contribution in [1.29, 1.82) is 0 Å². The Kier molecular flexibility index (Phi) is 2.93. The minimum Gasteiger partial charge on any atom is -0.382 e. The summed E-state index contributed by atoms with van der Waals surface area (Å²) in [5, 5.41) is 7.21. The van der Waals surface area contributed by atoms with Gasteiger partial charge in [-0.25, -0.2) is 0 Å². The molecule has 1 aromatic carbocycles. The van der Waals surface area contributed by atoms with Gasteiger partial charge >= 0.3 is 0 Å². The normalized spacial score (nSPS) is 22.6. The van der Waals surface area contributed by atoms with Crippen molar-refractivity contribution >= 4 is 11.4 Å². The van der Waals surface area contributed by atoms with Crippen LogP contribution in [-0.4, -0.2) is 26.2 Å². The largest absolute Gasteiger partial charge is 0.382 e. The molecule has 0 spiro atoms. The van der Waals surface area contributed by atoms with Crippen LogP contribution >= 0.6 is 0 Å². The molecule has 3 nitrogen and oxygen atoms in total. The lowest BCUT2D eigenvalue weighted by Crippen LogP contribution is -2.36. The Morgan fingerprint density at radius 2 is 2.18 bits per heavy atom. The molecule has 2 aliphatic rings. The third-order valence-electron chi connectivity index (χ3n) is 3.81. The third-order valence-corrected chi connectivity index (χ3v) is 3.81. The van der Waals surface area contributed by atoms with Gasteiger partial charge in [0.1, 0.15) is 0 Å². The van der Waals surface area contributed by atoms with Gasteiger partial charge in [-0.15, -0.1) is 0 Å². The van der Waals surface area contributed by atoms with Crippen molar-refractivity contribution < 1.29 is 0 Å². The van der Waals surface area contributed by atoms with Gasteiger partial charge in [-0.3, -0.25) is 0 Å². The molecule has 1 aromatic rings. The van der Waals surface area contributed by atoms with Crippen LogP contribution in [0.3, 0.4) is 0 Å². The number of hydrogen-bond acceptors (Lipinski definition) is 3. The lowest BCUT2D eigenvalue weighted by atomic mass is 9.98.